The third-order valence-electron chi connectivity index (χ3n) is 7.27. The van der Waals surface area contributed by atoms with E-state index >= 15 is 0 Å². The summed E-state index contributed by atoms with van der Waals surface area (Å²) in [4.78, 5) is 13.0. The summed E-state index contributed by atoms with van der Waals surface area (Å²) < 4.78 is 16.5. The Morgan fingerprint density at radius 1 is 1.08 bits per heavy atom. The second-order valence-corrected chi connectivity index (χ2v) is 11.1. The highest BCUT2D eigenvalue weighted by molar-refractivity contribution is 5.87. The Morgan fingerprint density at radius 3 is 2.41 bits per heavy atom. The summed E-state index contributed by atoms with van der Waals surface area (Å²) in [5.74, 6) is 1.88. The van der Waals surface area contributed by atoms with E-state index in [2.05, 4.69) is 19.2 Å². The average Bonchev–Trinajstić information content (AvgIpc) is 2.89. The number of ether oxygens (including phenoxy) is 3. The van der Waals surface area contributed by atoms with E-state index < -0.39 is 17.6 Å². The molecule has 0 spiro atoms. The minimum absolute atomic E-state index is 0. The molecule has 2 rings (SSSR count). The van der Waals surface area contributed by atoms with Crippen molar-refractivity contribution >= 4 is 18.3 Å². The summed E-state index contributed by atoms with van der Waals surface area (Å²) in [5.41, 5.74) is 8.90. The lowest BCUT2D eigenvalue weighted by atomic mass is 9.82. The van der Waals surface area contributed by atoms with Gasteiger partial charge in [-0.15, -0.1) is 12.4 Å². The molecule has 0 aromatic heterocycles. The van der Waals surface area contributed by atoms with Crippen LogP contribution >= 0.6 is 12.4 Å². The van der Waals surface area contributed by atoms with Gasteiger partial charge < -0.3 is 30.4 Å². The Balaban J connectivity index is 0.00000760. The second kappa shape index (κ2) is 16.7. The zero-order valence-electron chi connectivity index (χ0n) is 24.7. The predicted octanol–water partition coefficient (Wildman–Crippen LogP) is 4.83. The molecule has 1 amide bonds. The van der Waals surface area contributed by atoms with Gasteiger partial charge in [0.15, 0.2) is 11.5 Å². The van der Waals surface area contributed by atoms with Gasteiger partial charge in [-0.2, -0.15) is 0 Å². The molecular weight excluding hydrogens is 516 g/mol. The van der Waals surface area contributed by atoms with Gasteiger partial charge in [-0.25, -0.2) is 0 Å². The Bertz CT molecular complexity index is 1010. The first-order chi connectivity index (χ1) is 18.0. The summed E-state index contributed by atoms with van der Waals surface area (Å²) >= 11 is 0. The number of nitrogens with two attached hydrogens (primary N) is 1. The van der Waals surface area contributed by atoms with E-state index in [0.29, 0.717) is 37.1 Å². The van der Waals surface area contributed by atoms with Gasteiger partial charge >= 0.3 is 0 Å². The van der Waals surface area contributed by atoms with Crippen LogP contribution in [0.25, 0.3) is 0 Å². The molecule has 0 saturated heterocycles. The van der Waals surface area contributed by atoms with Crippen LogP contribution in [0, 0.1) is 18.8 Å². The van der Waals surface area contributed by atoms with Crippen molar-refractivity contribution in [3.8, 4) is 11.5 Å². The molecule has 0 aliphatic carbocycles. The molecule has 3 atom stereocenters. The van der Waals surface area contributed by atoms with Crippen LogP contribution in [0.1, 0.15) is 57.2 Å². The van der Waals surface area contributed by atoms with E-state index in [1.165, 1.54) is 0 Å². The Kier molecular flexibility index (Phi) is 14.9. The van der Waals surface area contributed by atoms with E-state index in [1.807, 2.05) is 63.2 Å². The largest absolute Gasteiger partial charge is 0.493 e. The third-order valence-corrected chi connectivity index (χ3v) is 7.27. The topological polar surface area (TPSA) is 103 Å². The van der Waals surface area contributed by atoms with Crippen molar-refractivity contribution < 1.29 is 24.1 Å². The summed E-state index contributed by atoms with van der Waals surface area (Å²) in [5, 5.41) is 13.7. The van der Waals surface area contributed by atoms with Crippen LogP contribution in [0.5, 0.6) is 11.5 Å². The van der Waals surface area contributed by atoms with Crippen molar-refractivity contribution in [2.24, 2.45) is 17.6 Å². The number of aryl methyl sites for hydroxylation is 1. The maximum atomic E-state index is 13.0. The molecule has 0 heterocycles. The Hall–Kier alpha value is -2.32. The zero-order chi connectivity index (χ0) is 28.3. The molecular formula is C31H49ClN2O5. The van der Waals surface area contributed by atoms with Crippen molar-refractivity contribution in [2.75, 3.05) is 34.0 Å². The predicted molar refractivity (Wildman–Crippen MR) is 160 cm³/mol. The smallest absolute Gasteiger partial charge is 0.230 e. The van der Waals surface area contributed by atoms with E-state index in [4.69, 9.17) is 19.9 Å². The molecule has 220 valence electrons. The molecule has 7 nitrogen and oxygen atoms in total. The molecule has 0 aliphatic heterocycles. The summed E-state index contributed by atoms with van der Waals surface area (Å²) in [6.45, 7) is 11.4. The van der Waals surface area contributed by atoms with Crippen molar-refractivity contribution in [1.82, 2.24) is 5.32 Å². The molecule has 0 unspecified atom stereocenters. The molecule has 0 saturated carbocycles. The first-order valence-corrected chi connectivity index (χ1v) is 13.6. The minimum Gasteiger partial charge on any atom is -0.493 e. The normalized spacial score (nSPS) is 13.8. The summed E-state index contributed by atoms with van der Waals surface area (Å²) in [7, 11) is 3.31. The maximum absolute atomic E-state index is 13.0. The molecule has 0 radical (unpaired) electrons. The van der Waals surface area contributed by atoms with Crippen LogP contribution in [-0.2, 0) is 21.4 Å². The zero-order valence-corrected chi connectivity index (χ0v) is 25.5. The number of rotatable bonds is 16. The number of carbonyl (C=O) groups excluding carboxylic acids is 1. The fourth-order valence-electron chi connectivity index (χ4n) is 4.48. The number of carbonyl (C=O) groups is 1. The fraction of sp³-hybridized carbons (Fsp3) is 0.581. The van der Waals surface area contributed by atoms with Crippen LogP contribution < -0.4 is 20.5 Å². The van der Waals surface area contributed by atoms with Gasteiger partial charge in [0.1, 0.15) is 0 Å². The molecule has 2 aromatic rings. The van der Waals surface area contributed by atoms with Gasteiger partial charge in [0.25, 0.3) is 0 Å². The molecule has 0 fully saturated rings. The summed E-state index contributed by atoms with van der Waals surface area (Å²) in [6, 6.07) is 13.5. The molecule has 39 heavy (non-hydrogen) atoms. The van der Waals surface area contributed by atoms with Crippen molar-refractivity contribution in [1.29, 1.82) is 0 Å². The second-order valence-electron chi connectivity index (χ2n) is 11.1. The van der Waals surface area contributed by atoms with Crippen molar-refractivity contribution in [3.05, 3.63) is 59.2 Å². The van der Waals surface area contributed by atoms with Gasteiger partial charge in [-0.1, -0.05) is 49.7 Å². The van der Waals surface area contributed by atoms with E-state index in [0.717, 1.165) is 29.5 Å². The van der Waals surface area contributed by atoms with Gasteiger partial charge in [-0.05, 0) is 68.7 Å². The van der Waals surface area contributed by atoms with E-state index in [1.54, 1.807) is 14.2 Å². The van der Waals surface area contributed by atoms with Gasteiger partial charge in [0, 0.05) is 32.7 Å². The van der Waals surface area contributed by atoms with Gasteiger partial charge in [-0.3, -0.25) is 4.79 Å². The number of halogens is 1. The van der Waals surface area contributed by atoms with E-state index in [9.17, 15) is 9.90 Å². The molecule has 2 aromatic carbocycles. The minimum atomic E-state index is -0.843. The number of aliphatic hydroxyl groups excluding tert-OH is 1. The van der Waals surface area contributed by atoms with Crippen molar-refractivity contribution in [2.45, 2.75) is 71.4 Å². The van der Waals surface area contributed by atoms with Crippen LogP contribution in [0.4, 0.5) is 0 Å². The lowest BCUT2D eigenvalue weighted by molar-refractivity contribution is -0.126. The Morgan fingerprint density at radius 2 is 1.79 bits per heavy atom. The number of hydrogen-bond acceptors (Lipinski definition) is 6. The molecule has 0 bridgehead atoms. The quantitative estimate of drug-likeness (QED) is 0.252. The van der Waals surface area contributed by atoms with Crippen LogP contribution in [0.15, 0.2) is 42.5 Å². The van der Waals surface area contributed by atoms with Crippen LogP contribution in [0.3, 0.4) is 0 Å². The first-order valence-electron chi connectivity index (χ1n) is 13.6. The van der Waals surface area contributed by atoms with Crippen molar-refractivity contribution in [3.63, 3.8) is 0 Å². The highest BCUT2D eigenvalue weighted by Gasteiger charge is 2.31. The number of nitrogens with one attached hydrogen (secondary N) is 1. The molecule has 8 heteroatoms. The van der Waals surface area contributed by atoms with Crippen LogP contribution in [0.2, 0.25) is 0 Å². The maximum Gasteiger partial charge on any atom is 0.230 e. The number of methoxy groups -OCH3 is 2. The SMILES string of the molecule is COCCCOc1cc(C[C@@H](C[C@H](N)[C@@H](O)CNC(=O)C(C)(C)c2cccc(C)c2)C(C)C)ccc1OC.Cl. The number of amides is 1. The highest BCUT2D eigenvalue weighted by Crippen LogP contribution is 2.31. The average molecular weight is 565 g/mol. The number of hydrogen-bond donors (Lipinski definition) is 3. The number of benzene rings is 2. The standard InChI is InChI=1S/C31H48N2O5.ClH/c1-21(2)24(17-23-12-13-28(37-7)29(18-23)38-15-9-14-36-6)19-26(32)27(34)20-33-30(35)31(4,5)25-11-8-10-22(3)16-25;/h8,10-13,16,18,21,24,26-27,34H,9,14-15,17,19-20,32H2,1-7H3,(H,33,35);1H/t24-,26-,27-;/m0./s1. The highest BCUT2D eigenvalue weighted by atomic mass is 35.5. The summed E-state index contributed by atoms with van der Waals surface area (Å²) in [6.07, 6.45) is 1.38. The molecule has 0 aliphatic rings. The van der Waals surface area contributed by atoms with Crippen LogP contribution in [-0.4, -0.2) is 57.1 Å². The van der Waals surface area contributed by atoms with Gasteiger partial charge in [0.2, 0.25) is 5.91 Å². The van der Waals surface area contributed by atoms with Gasteiger partial charge in [0.05, 0.1) is 25.2 Å². The number of aliphatic hydroxyl groups is 1. The lowest BCUT2D eigenvalue weighted by Gasteiger charge is -2.29. The molecule has 4 N–H and O–H groups in total. The van der Waals surface area contributed by atoms with E-state index in [-0.39, 0.29) is 30.8 Å². The first kappa shape index (κ1) is 34.7. The fourth-order valence-corrected chi connectivity index (χ4v) is 4.48. The third kappa shape index (κ3) is 10.6. The monoisotopic (exact) mass is 564 g/mol. The lowest BCUT2D eigenvalue weighted by Crippen LogP contribution is -2.48. The Labute approximate surface area is 241 Å².